The number of hydrogen-bond acceptors (Lipinski definition) is 2. The van der Waals surface area contributed by atoms with Gasteiger partial charge in [-0.05, 0) is 6.07 Å². The van der Waals surface area contributed by atoms with E-state index >= 15 is 0 Å². The lowest BCUT2D eigenvalue weighted by Crippen LogP contribution is -2.46. The largest absolute Gasteiger partial charge is 0.481 e. The highest BCUT2D eigenvalue weighted by Gasteiger charge is 2.44. The Morgan fingerprint density at radius 3 is 2.38 bits per heavy atom. The number of benzene rings is 1. The first kappa shape index (κ1) is 19.7. The summed E-state index contributed by atoms with van der Waals surface area (Å²) in [6.07, 6.45) is -5.08. The smallest absolute Gasteiger partial charge is 0.413 e. The Kier molecular flexibility index (Phi) is 6.10. The van der Waals surface area contributed by atoms with Crippen LogP contribution >= 0.6 is 0 Å². The van der Waals surface area contributed by atoms with E-state index in [1.165, 1.54) is 6.92 Å². The van der Waals surface area contributed by atoms with Crippen LogP contribution in [0.15, 0.2) is 18.2 Å². The topological polar surface area (TPSA) is 69.6 Å². The number of carbonyl (C=O) groups excluding carboxylic acids is 1. The molecule has 2 amide bonds. The molecule has 0 aromatic heterocycles. The number of nitrogens with zero attached hydrogens (tertiary/aromatic N) is 1. The van der Waals surface area contributed by atoms with E-state index in [4.69, 9.17) is 5.11 Å². The van der Waals surface area contributed by atoms with Crippen molar-refractivity contribution < 1.29 is 36.6 Å². The van der Waals surface area contributed by atoms with Crippen molar-refractivity contribution in [2.45, 2.75) is 19.1 Å². The van der Waals surface area contributed by atoms with Crippen molar-refractivity contribution in [3.63, 3.8) is 0 Å². The zero-order valence-electron chi connectivity index (χ0n) is 12.7. The van der Waals surface area contributed by atoms with Crippen LogP contribution in [0.4, 0.5) is 26.7 Å². The Morgan fingerprint density at radius 2 is 1.88 bits per heavy atom. The highest BCUT2D eigenvalue weighted by atomic mass is 19.4. The van der Waals surface area contributed by atoms with E-state index in [9.17, 15) is 31.5 Å². The van der Waals surface area contributed by atoms with Gasteiger partial charge in [0.1, 0.15) is 0 Å². The summed E-state index contributed by atoms with van der Waals surface area (Å²) in [5.41, 5.74) is -1.07. The van der Waals surface area contributed by atoms with E-state index in [1.807, 2.05) is 0 Å². The zero-order chi connectivity index (χ0) is 18.7. The molecule has 0 fully saturated rings. The van der Waals surface area contributed by atoms with Gasteiger partial charge in [-0.2, -0.15) is 13.2 Å². The molecule has 1 rings (SSSR count). The van der Waals surface area contributed by atoms with Crippen molar-refractivity contribution in [1.29, 1.82) is 0 Å². The first-order valence-corrected chi connectivity index (χ1v) is 6.70. The molecule has 0 spiro atoms. The average molecular weight is 354 g/mol. The summed E-state index contributed by atoms with van der Waals surface area (Å²) in [6.45, 7) is 0.900. The van der Waals surface area contributed by atoms with Gasteiger partial charge in [0.2, 0.25) is 0 Å². The number of aliphatic carboxylic acids is 1. The second-order valence-corrected chi connectivity index (χ2v) is 5.19. The molecule has 0 saturated heterocycles. The van der Waals surface area contributed by atoms with Gasteiger partial charge in [-0.15, -0.1) is 0 Å². The lowest BCUT2D eigenvalue weighted by Gasteiger charge is -2.26. The Hall–Kier alpha value is -2.39. The summed E-state index contributed by atoms with van der Waals surface area (Å²) < 4.78 is 66.1. The van der Waals surface area contributed by atoms with E-state index in [1.54, 1.807) is 5.32 Å². The second-order valence-electron chi connectivity index (χ2n) is 5.19. The van der Waals surface area contributed by atoms with Gasteiger partial charge in [0, 0.05) is 19.2 Å². The molecule has 5 nitrogen and oxygen atoms in total. The molecule has 1 aromatic carbocycles. The minimum absolute atomic E-state index is 0.364. The van der Waals surface area contributed by atoms with Crippen LogP contribution in [0.3, 0.4) is 0 Å². The number of carboxylic acid groups (broad SMARTS) is 1. The Labute approximate surface area is 134 Å². The fraction of sp³-hybridized carbons (Fsp3) is 0.429. The van der Waals surface area contributed by atoms with Gasteiger partial charge >= 0.3 is 18.2 Å². The zero-order valence-corrected chi connectivity index (χ0v) is 12.7. The molecule has 1 aromatic rings. The van der Waals surface area contributed by atoms with Crippen LogP contribution in [-0.2, 0) is 4.79 Å². The van der Waals surface area contributed by atoms with Crippen LogP contribution < -0.4 is 5.32 Å². The Balaban J connectivity index is 3.02. The lowest BCUT2D eigenvalue weighted by atomic mass is 10.1. The van der Waals surface area contributed by atoms with E-state index in [2.05, 4.69) is 0 Å². The standard InChI is InChI=1S/C14H15F5N2O3/c1-7(12(22)23)6-21(2)13(24)20-11(14(17,18)19)8-4-3-5-9(15)10(8)16/h3-5,7,11H,6H2,1-2H3,(H,20,24)(H,22,23). The number of amides is 2. The molecule has 0 heterocycles. The normalized spacial score (nSPS) is 14.0. The van der Waals surface area contributed by atoms with Gasteiger partial charge in [0.25, 0.3) is 0 Å². The maximum atomic E-state index is 13.6. The van der Waals surface area contributed by atoms with Crippen molar-refractivity contribution in [2.24, 2.45) is 5.92 Å². The average Bonchev–Trinajstić information content (AvgIpc) is 2.46. The van der Waals surface area contributed by atoms with E-state index in [0.29, 0.717) is 17.0 Å². The highest BCUT2D eigenvalue weighted by molar-refractivity contribution is 5.76. The van der Waals surface area contributed by atoms with Crippen LogP contribution in [0.25, 0.3) is 0 Å². The summed E-state index contributed by atoms with van der Waals surface area (Å²) >= 11 is 0. The van der Waals surface area contributed by atoms with Crippen molar-refractivity contribution in [1.82, 2.24) is 10.2 Å². The first-order chi connectivity index (χ1) is 10.9. The number of nitrogens with one attached hydrogen (secondary N) is 1. The molecule has 0 bridgehead atoms. The number of halogens is 5. The summed E-state index contributed by atoms with van der Waals surface area (Å²) in [4.78, 5) is 23.3. The van der Waals surface area contributed by atoms with E-state index in [0.717, 1.165) is 13.1 Å². The van der Waals surface area contributed by atoms with E-state index in [-0.39, 0.29) is 6.54 Å². The second kappa shape index (κ2) is 7.45. The number of alkyl halides is 3. The molecule has 10 heteroatoms. The molecule has 2 atom stereocenters. The maximum Gasteiger partial charge on any atom is 0.413 e. The molecule has 0 aliphatic rings. The van der Waals surface area contributed by atoms with Crippen molar-refractivity contribution in [3.8, 4) is 0 Å². The fourth-order valence-corrected chi connectivity index (χ4v) is 1.88. The van der Waals surface area contributed by atoms with Crippen LogP contribution in [-0.4, -0.2) is 41.8 Å². The van der Waals surface area contributed by atoms with Gasteiger partial charge < -0.3 is 15.3 Å². The lowest BCUT2D eigenvalue weighted by molar-refractivity contribution is -0.156. The minimum atomic E-state index is -5.08. The van der Waals surface area contributed by atoms with Crippen molar-refractivity contribution in [3.05, 3.63) is 35.4 Å². The fourth-order valence-electron chi connectivity index (χ4n) is 1.88. The molecule has 2 unspecified atom stereocenters. The number of carbonyl (C=O) groups is 2. The van der Waals surface area contributed by atoms with E-state index < -0.39 is 47.3 Å². The van der Waals surface area contributed by atoms with Gasteiger partial charge in [0.15, 0.2) is 17.7 Å². The third-order valence-electron chi connectivity index (χ3n) is 3.20. The number of carboxylic acids is 1. The molecule has 0 aliphatic carbocycles. The van der Waals surface area contributed by atoms with Crippen molar-refractivity contribution >= 4 is 12.0 Å². The molecule has 0 radical (unpaired) electrons. The number of hydrogen-bond donors (Lipinski definition) is 2. The summed E-state index contributed by atoms with van der Waals surface area (Å²) in [5.74, 6) is -5.46. The first-order valence-electron chi connectivity index (χ1n) is 6.70. The van der Waals surface area contributed by atoms with Gasteiger partial charge in [0.05, 0.1) is 5.92 Å². The number of urea groups is 1. The predicted octanol–water partition coefficient (Wildman–Crippen LogP) is 2.93. The summed E-state index contributed by atoms with van der Waals surface area (Å²) in [7, 11) is 1.09. The van der Waals surface area contributed by atoms with Crippen LogP contribution in [0.5, 0.6) is 0 Å². The monoisotopic (exact) mass is 354 g/mol. The quantitative estimate of drug-likeness (QED) is 0.799. The Morgan fingerprint density at radius 1 is 1.29 bits per heavy atom. The van der Waals surface area contributed by atoms with Gasteiger partial charge in [-0.1, -0.05) is 19.1 Å². The molecule has 134 valence electrons. The van der Waals surface area contributed by atoms with Crippen LogP contribution in [0.2, 0.25) is 0 Å². The van der Waals surface area contributed by atoms with Gasteiger partial charge in [-0.25, -0.2) is 13.6 Å². The highest BCUT2D eigenvalue weighted by Crippen LogP contribution is 2.34. The molecule has 2 N–H and O–H groups in total. The van der Waals surface area contributed by atoms with Crippen molar-refractivity contribution in [2.75, 3.05) is 13.6 Å². The van der Waals surface area contributed by atoms with Gasteiger partial charge in [-0.3, -0.25) is 4.79 Å². The molecular formula is C14H15F5N2O3. The third kappa shape index (κ3) is 4.80. The molecule has 0 aliphatic heterocycles. The van der Waals surface area contributed by atoms with Crippen LogP contribution in [0.1, 0.15) is 18.5 Å². The summed E-state index contributed by atoms with van der Waals surface area (Å²) in [5, 5.41) is 10.3. The predicted molar refractivity (Wildman–Crippen MR) is 73.1 cm³/mol. The molecular weight excluding hydrogens is 339 g/mol. The third-order valence-corrected chi connectivity index (χ3v) is 3.20. The van der Waals surface area contributed by atoms with Crippen LogP contribution in [0, 0.1) is 17.6 Å². The summed E-state index contributed by atoms with van der Waals surface area (Å²) in [6, 6.07) is -1.81. The molecule has 0 saturated carbocycles. The minimum Gasteiger partial charge on any atom is -0.481 e. The Bertz CT molecular complexity index is 621. The molecule has 24 heavy (non-hydrogen) atoms. The maximum absolute atomic E-state index is 13.6. The number of rotatable bonds is 5. The SMILES string of the molecule is CC(CN(C)C(=O)NC(c1cccc(F)c1F)C(F)(F)F)C(=O)O.